The average molecular weight is 609 g/mol. The molecule has 0 bridgehead atoms. The van der Waals surface area contributed by atoms with E-state index in [0.717, 1.165) is 55.8 Å². The molecule has 0 saturated carbocycles. The summed E-state index contributed by atoms with van der Waals surface area (Å²) < 4.78 is 20.1. The van der Waals surface area contributed by atoms with Gasteiger partial charge in [-0.15, -0.1) is 0 Å². The van der Waals surface area contributed by atoms with Gasteiger partial charge in [0.15, 0.2) is 0 Å². The molecule has 2 aliphatic rings. The number of hydrogen-bond acceptors (Lipinski definition) is 6. The Morgan fingerprint density at radius 1 is 0.811 bits per heavy atom. The van der Waals surface area contributed by atoms with Gasteiger partial charge in [0.05, 0.1) is 40.3 Å². The summed E-state index contributed by atoms with van der Waals surface area (Å²) in [5.41, 5.74) is 5.79. The van der Waals surface area contributed by atoms with E-state index in [1.165, 1.54) is 25.4 Å². The first-order valence-corrected chi connectivity index (χ1v) is 11.8. The third-order valence-electron chi connectivity index (χ3n) is 6.17. The van der Waals surface area contributed by atoms with Crippen molar-refractivity contribution in [2.24, 2.45) is 0 Å². The molecule has 2 aromatic carbocycles. The maximum absolute atomic E-state index is 11.4. The second-order valence-electron chi connectivity index (χ2n) is 8.30. The zero-order valence-electron chi connectivity index (χ0n) is 21.4. The number of methoxy groups -OCH3 is 2. The minimum absolute atomic E-state index is 0. The molecular weight excluding hydrogens is 571 g/mol. The molecule has 0 spiro atoms. The largest absolute Gasteiger partial charge is 0.469 e. The quantitative estimate of drug-likeness (QED) is 0.366. The van der Waals surface area contributed by atoms with Gasteiger partial charge in [-0.2, -0.15) is 0 Å². The van der Waals surface area contributed by atoms with Crippen molar-refractivity contribution in [3.05, 3.63) is 76.9 Å². The number of carbonyl (C=O) groups is 2. The van der Waals surface area contributed by atoms with Crippen LogP contribution in [0.3, 0.4) is 0 Å². The molecule has 208 valence electrons. The minimum Gasteiger partial charge on any atom is -0.469 e. The molecular formula is C28H38O8Pd. The van der Waals surface area contributed by atoms with Gasteiger partial charge in [0, 0.05) is 33.6 Å². The van der Waals surface area contributed by atoms with E-state index in [2.05, 4.69) is 18.2 Å². The van der Waals surface area contributed by atoms with Gasteiger partial charge in [0.25, 0.3) is 0 Å². The van der Waals surface area contributed by atoms with Gasteiger partial charge in [-0.05, 0) is 53.0 Å². The summed E-state index contributed by atoms with van der Waals surface area (Å²) in [6.45, 7) is 3.04. The molecule has 0 aromatic heterocycles. The van der Waals surface area contributed by atoms with Crippen molar-refractivity contribution in [3.63, 3.8) is 0 Å². The molecule has 1 saturated heterocycles. The van der Waals surface area contributed by atoms with Crippen LogP contribution in [0.1, 0.15) is 47.4 Å². The van der Waals surface area contributed by atoms with Crippen LogP contribution >= 0.6 is 0 Å². The Morgan fingerprint density at radius 3 is 1.97 bits per heavy atom. The van der Waals surface area contributed by atoms with E-state index < -0.39 is 0 Å². The first-order chi connectivity index (χ1) is 16.6. The third kappa shape index (κ3) is 10.9. The maximum atomic E-state index is 11.4. The number of carbonyl (C=O) groups excluding carboxylic acids is 2. The number of ether oxygens (including phenoxy) is 4. The summed E-state index contributed by atoms with van der Waals surface area (Å²) in [6, 6.07) is 16.1. The number of esters is 2. The topological polar surface area (TPSA) is 134 Å². The van der Waals surface area contributed by atoms with Gasteiger partial charge in [-0.3, -0.25) is 9.59 Å². The summed E-state index contributed by atoms with van der Waals surface area (Å²) >= 11 is 0. The molecule has 2 aliphatic heterocycles. The third-order valence-corrected chi connectivity index (χ3v) is 6.17. The Labute approximate surface area is 232 Å². The fourth-order valence-electron chi connectivity index (χ4n) is 4.32. The summed E-state index contributed by atoms with van der Waals surface area (Å²) in [5, 5.41) is 0. The summed E-state index contributed by atoms with van der Waals surface area (Å²) in [4.78, 5) is 22.7. The van der Waals surface area contributed by atoms with Crippen LogP contribution in [0.25, 0.3) is 5.57 Å². The van der Waals surface area contributed by atoms with Crippen molar-refractivity contribution < 1.29 is 59.9 Å². The van der Waals surface area contributed by atoms with Gasteiger partial charge in [-0.25, -0.2) is 0 Å². The van der Waals surface area contributed by atoms with E-state index in [0.29, 0.717) is 25.4 Å². The predicted molar refractivity (Wildman–Crippen MR) is 138 cm³/mol. The Morgan fingerprint density at radius 2 is 1.38 bits per heavy atom. The van der Waals surface area contributed by atoms with Gasteiger partial charge in [0.2, 0.25) is 0 Å². The molecule has 0 amide bonds. The van der Waals surface area contributed by atoms with E-state index in [9.17, 15) is 9.59 Å². The van der Waals surface area contributed by atoms with E-state index in [1.807, 2.05) is 36.4 Å². The molecule has 0 radical (unpaired) electrons. The van der Waals surface area contributed by atoms with Crippen LogP contribution in [0.15, 0.2) is 54.6 Å². The van der Waals surface area contributed by atoms with E-state index in [1.54, 1.807) is 0 Å². The molecule has 4 rings (SSSR count). The van der Waals surface area contributed by atoms with Crippen LogP contribution < -0.4 is 0 Å². The fourth-order valence-corrected chi connectivity index (χ4v) is 4.32. The Bertz CT molecular complexity index is 986. The van der Waals surface area contributed by atoms with Gasteiger partial charge < -0.3 is 29.9 Å². The summed E-state index contributed by atoms with van der Waals surface area (Å²) in [5.74, 6) is 0.138. The van der Waals surface area contributed by atoms with E-state index in [4.69, 9.17) is 18.9 Å². The van der Waals surface area contributed by atoms with Crippen molar-refractivity contribution in [2.75, 3.05) is 40.6 Å². The molecule has 2 heterocycles. The first kappa shape index (κ1) is 34.6. The zero-order chi connectivity index (χ0) is 24.2. The van der Waals surface area contributed by atoms with Crippen LogP contribution in [-0.4, -0.2) is 63.5 Å². The van der Waals surface area contributed by atoms with Crippen molar-refractivity contribution in [2.45, 2.75) is 38.0 Å². The number of benzene rings is 2. The standard InChI is InChI=1S/C14H18O3.C14H16O3.2H2O.Pd/c2*1-16-14(15)10-12-4-2-3-5-13(12)11-6-8-17-9-7-11;;;/h2-5,11H,6-10H2,1H3;2-6H,7-10H2,1H3;2*1H2;. The molecule has 2 aromatic rings. The van der Waals surface area contributed by atoms with Crippen LogP contribution in [0, 0.1) is 0 Å². The van der Waals surface area contributed by atoms with Gasteiger partial charge in [-0.1, -0.05) is 54.6 Å². The fraction of sp³-hybridized carbons (Fsp3) is 0.429. The summed E-state index contributed by atoms with van der Waals surface area (Å²) in [7, 11) is 2.85. The molecule has 0 unspecified atom stereocenters. The smallest absolute Gasteiger partial charge is 0.309 e. The molecule has 4 N–H and O–H groups in total. The van der Waals surface area contributed by atoms with Gasteiger partial charge in [0.1, 0.15) is 0 Å². The van der Waals surface area contributed by atoms with Crippen LogP contribution in [-0.2, 0) is 61.8 Å². The monoisotopic (exact) mass is 608 g/mol. The minimum atomic E-state index is -0.204. The molecule has 9 heteroatoms. The Balaban J connectivity index is 0.000000648. The molecule has 0 atom stereocenters. The Hall–Kier alpha value is -2.38. The number of rotatable bonds is 6. The molecule has 8 nitrogen and oxygen atoms in total. The van der Waals surface area contributed by atoms with E-state index in [-0.39, 0.29) is 43.3 Å². The second kappa shape index (κ2) is 18.8. The maximum Gasteiger partial charge on any atom is 0.309 e. The van der Waals surface area contributed by atoms with Crippen LogP contribution in [0.4, 0.5) is 0 Å². The zero-order valence-corrected chi connectivity index (χ0v) is 23.0. The Kier molecular flexibility index (Phi) is 17.6. The summed E-state index contributed by atoms with van der Waals surface area (Å²) in [6.07, 6.45) is 5.75. The van der Waals surface area contributed by atoms with Crippen LogP contribution in [0.5, 0.6) is 0 Å². The van der Waals surface area contributed by atoms with Crippen molar-refractivity contribution >= 4 is 17.5 Å². The predicted octanol–water partition coefficient (Wildman–Crippen LogP) is 2.85. The average Bonchev–Trinajstić information content (AvgIpc) is 2.90. The first-order valence-electron chi connectivity index (χ1n) is 11.8. The van der Waals surface area contributed by atoms with Gasteiger partial charge >= 0.3 is 11.9 Å². The number of hydrogen-bond donors (Lipinski definition) is 0. The molecule has 0 aliphatic carbocycles. The van der Waals surface area contributed by atoms with E-state index >= 15 is 0 Å². The molecule has 1 fully saturated rings. The molecule has 37 heavy (non-hydrogen) atoms. The SMILES string of the molecule is COC(=O)Cc1ccccc1C1=CCOCC1.COC(=O)Cc1ccccc1C1CCOCC1.O.O.[Pd]. The second-order valence-corrected chi connectivity index (χ2v) is 8.30. The van der Waals surface area contributed by atoms with Crippen LogP contribution in [0.2, 0.25) is 0 Å². The van der Waals surface area contributed by atoms with Crippen molar-refractivity contribution in [3.8, 4) is 0 Å². The van der Waals surface area contributed by atoms with Crippen molar-refractivity contribution in [1.29, 1.82) is 0 Å². The van der Waals surface area contributed by atoms with Crippen molar-refractivity contribution in [1.82, 2.24) is 0 Å². The normalized spacial score (nSPS) is 14.7.